The van der Waals surface area contributed by atoms with Crippen LogP contribution in [-0.4, -0.2) is 31.5 Å². The maximum Gasteiger partial charge on any atom is 0.339 e. The number of nitrogens with zero attached hydrogens (tertiary/aromatic N) is 2. The Bertz CT molecular complexity index is 857. The lowest BCUT2D eigenvalue weighted by molar-refractivity contribution is 0.00571. The normalized spacial score (nSPS) is 18.8. The van der Waals surface area contributed by atoms with Gasteiger partial charge >= 0.3 is 5.97 Å². The SMILES string of the molecule is CN(C)CCCC1(c2cccc(F)c2)OC(=O)c2cc(C#N)ccc21. The maximum atomic E-state index is 13.8. The highest BCUT2D eigenvalue weighted by Crippen LogP contribution is 2.45. The van der Waals surface area contributed by atoms with Gasteiger partial charge in [-0.25, -0.2) is 9.18 Å². The number of benzene rings is 2. The first-order valence-corrected chi connectivity index (χ1v) is 8.15. The minimum absolute atomic E-state index is 0.373. The van der Waals surface area contributed by atoms with Crippen LogP contribution in [0.5, 0.6) is 0 Å². The van der Waals surface area contributed by atoms with Crippen LogP contribution in [0.15, 0.2) is 42.5 Å². The van der Waals surface area contributed by atoms with Crippen LogP contribution in [0.3, 0.4) is 0 Å². The average molecular weight is 338 g/mol. The van der Waals surface area contributed by atoms with Gasteiger partial charge in [0.15, 0.2) is 5.60 Å². The standard InChI is InChI=1S/C20H19FN2O2/c1-23(2)10-4-9-20(15-5-3-6-16(21)12-15)18-8-7-14(13-22)11-17(18)19(24)25-20/h3,5-8,11-12H,4,9-10H2,1-2H3. The first-order valence-electron chi connectivity index (χ1n) is 8.15. The quantitative estimate of drug-likeness (QED) is 0.784. The van der Waals surface area contributed by atoms with Crippen molar-refractivity contribution in [3.63, 3.8) is 0 Å². The molecule has 4 nitrogen and oxygen atoms in total. The van der Waals surface area contributed by atoms with Gasteiger partial charge in [0.25, 0.3) is 0 Å². The monoisotopic (exact) mass is 338 g/mol. The van der Waals surface area contributed by atoms with Gasteiger partial charge in [-0.2, -0.15) is 5.26 Å². The zero-order chi connectivity index (χ0) is 18.0. The van der Waals surface area contributed by atoms with E-state index in [1.165, 1.54) is 12.1 Å². The van der Waals surface area contributed by atoms with E-state index in [-0.39, 0.29) is 5.82 Å². The Morgan fingerprint density at radius 3 is 2.72 bits per heavy atom. The molecule has 0 N–H and O–H groups in total. The molecule has 1 aliphatic heterocycles. The van der Waals surface area contributed by atoms with E-state index in [0.29, 0.717) is 28.7 Å². The number of carbonyl (C=O) groups is 1. The number of hydrogen-bond acceptors (Lipinski definition) is 4. The van der Waals surface area contributed by atoms with Crippen LogP contribution >= 0.6 is 0 Å². The summed E-state index contributed by atoms with van der Waals surface area (Å²) in [6.07, 6.45) is 1.31. The van der Waals surface area contributed by atoms with Gasteiger partial charge in [0.05, 0.1) is 17.2 Å². The Kier molecular flexibility index (Phi) is 4.56. The first kappa shape index (κ1) is 17.1. The minimum Gasteiger partial charge on any atom is -0.446 e. The van der Waals surface area contributed by atoms with E-state index in [9.17, 15) is 9.18 Å². The van der Waals surface area contributed by atoms with Crippen LogP contribution in [0.1, 0.15) is 39.9 Å². The van der Waals surface area contributed by atoms with Crippen molar-refractivity contribution in [3.8, 4) is 6.07 Å². The summed E-state index contributed by atoms with van der Waals surface area (Å²) in [7, 11) is 3.95. The van der Waals surface area contributed by atoms with E-state index in [1.54, 1.807) is 30.3 Å². The van der Waals surface area contributed by atoms with Crippen molar-refractivity contribution in [2.75, 3.05) is 20.6 Å². The van der Waals surface area contributed by atoms with Crippen LogP contribution in [-0.2, 0) is 10.3 Å². The Hall–Kier alpha value is -2.71. The maximum absolute atomic E-state index is 13.8. The molecule has 0 saturated heterocycles. The summed E-state index contributed by atoms with van der Waals surface area (Å²) in [5.41, 5.74) is 1.08. The van der Waals surface area contributed by atoms with Crippen LogP contribution in [0.2, 0.25) is 0 Å². The summed E-state index contributed by atoms with van der Waals surface area (Å²) >= 11 is 0. The van der Waals surface area contributed by atoms with Crippen LogP contribution in [0.4, 0.5) is 4.39 Å². The van der Waals surface area contributed by atoms with Crippen LogP contribution in [0.25, 0.3) is 0 Å². The molecule has 1 heterocycles. The van der Waals surface area contributed by atoms with Gasteiger partial charge in [-0.1, -0.05) is 18.2 Å². The third-order valence-corrected chi connectivity index (χ3v) is 4.50. The number of esters is 1. The average Bonchev–Trinajstić information content (AvgIpc) is 2.87. The van der Waals surface area contributed by atoms with Gasteiger partial charge in [-0.05, 0) is 57.7 Å². The summed E-state index contributed by atoms with van der Waals surface area (Å²) < 4.78 is 19.6. The fourth-order valence-electron chi connectivity index (χ4n) is 3.33. The van der Waals surface area contributed by atoms with Crippen molar-refractivity contribution in [1.29, 1.82) is 5.26 Å². The number of cyclic esters (lactones) is 1. The van der Waals surface area contributed by atoms with E-state index in [1.807, 2.05) is 20.2 Å². The second kappa shape index (κ2) is 6.66. The molecule has 25 heavy (non-hydrogen) atoms. The zero-order valence-electron chi connectivity index (χ0n) is 14.3. The number of halogens is 1. The van der Waals surface area contributed by atoms with Crippen molar-refractivity contribution in [1.82, 2.24) is 4.90 Å². The molecule has 0 bridgehead atoms. The highest BCUT2D eigenvalue weighted by molar-refractivity contribution is 5.95. The van der Waals surface area contributed by atoms with Crippen molar-refractivity contribution in [3.05, 3.63) is 70.5 Å². The fourth-order valence-corrected chi connectivity index (χ4v) is 3.33. The van der Waals surface area contributed by atoms with Gasteiger partial charge in [0.1, 0.15) is 5.82 Å². The smallest absolute Gasteiger partial charge is 0.339 e. The molecular weight excluding hydrogens is 319 g/mol. The van der Waals surface area contributed by atoms with Crippen LogP contribution < -0.4 is 0 Å². The molecule has 1 unspecified atom stereocenters. The molecule has 0 radical (unpaired) electrons. The summed E-state index contributed by atoms with van der Waals surface area (Å²) in [5, 5.41) is 9.08. The van der Waals surface area contributed by atoms with Gasteiger partial charge in [-0.3, -0.25) is 0 Å². The number of rotatable bonds is 5. The van der Waals surface area contributed by atoms with E-state index in [4.69, 9.17) is 10.00 Å². The Balaban J connectivity index is 2.11. The fraction of sp³-hybridized carbons (Fsp3) is 0.300. The Labute approximate surface area is 146 Å². The number of nitriles is 1. The van der Waals surface area contributed by atoms with Gasteiger partial charge in [0.2, 0.25) is 0 Å². The Morgan fingerprint density at radius 1 is 1.24 bits per heavy atom. The van der Waals surface area contributed by atoms with Gasteiger partial charge in [-0.15, -0.1) is 0 Å². The highest BCUT2D eigenvalue weighted by Gasteiger charge is 2.46. The lowest BCUT2D eigenvalue weighted by atomic mass is 9.81. The molecule has 2 aromatic carbocycles. The van der Waals surface area contributed by atoms with Crippen molar-refractivity contribution >= 4 is 5.97 Å². The molecule has 1 aliphatic rings. The Morgan fingerprint density at radius 2 is 2.04 bits per heavy atom. The number of carbonyl (C=O) groups excluding carboxylic acids is 1. The minimum atomic E-state index is -1.02. The third-order valence-electron chi connectivity index (χ3n) is 4.50. The topological polar surface area (TPSA) is 53.3 Å². The zero-order valence-corrected chi connectivity index (χ0v) is 14.3. The van der Waals surface area contributed by atoms with E-state index in [0.717, 1.165) is 13.0 Å². The number of ether oxygens (including phenoxy) is 1. The summed E-state index contributed by atoms with van der Waals surface area (Å²) in [5.74, 6) is -0.844. The molecule has 0 aromatic heterocycles. The molecule has 2 aromatic rings. The van der Waals surface area contributed by atoms with E-state index >= 15 is 0 Å². The predicted octanol–water partition coefficient (Wildman–Crippen LogP) is 3.45. The summed E-state index contributed by atoms with van der Waals surface area (Å²) in [4.78, 5) is 14.5. The summed E-state index contributed by atoms with van der Waals surface area (Å²) in [6, 6.07) is 13.2. The largest absolute Gasteiger partial charge is 0.446 e. The molecule has 3 rings (SSSR count). The second-order valence-corrected chi connectivity index (χ2v) is 6.51. The van der Waals surface area contributed by atoms with Gasteiger partial charge in [0, 0.05) is 11.1 Å². The first-order chi connectivity index (χ1) is 12.0. The van der Waals surface area contributed by atoms with E-state index < -0.39 is 11.6 Å². The molecule has 0 spiro atoms. The molecule has 5 heteroatoms. The lowest BCUT2D eigenvalue weighted by Crippen LogP contribution is -2.29. The summed E-state index contributed by atoms with van der Waals surface area (Å²) in [6.45, 7) is 0.820. The van der Waals surface area contributed by atoms with E-state index in [2.05, 4.69) is 4.90 Å². The second-order valence-electron chi connectivity index (χ2n) is 6.51. The number of fused-ring (bicyclic) bond motifs is 1. The molecule has 0 amide bonds. The molecular formula is C20H19FN2O2. The lowest BCUT2D eigenvalue weighted by Gasteiger charge is -2.30. The van der Waals surface area contributed by atoms with Crippen molar-refractivity contribution in [2.45, 2.75) is 18.4 Å². The predicted molar refractivity (Wildman–Crippen MR) is 91.5 cm³/mol. The third kappa shape index (κ3) is 3.13. The molecule has 1 atom stereocenters. The van der Waals surface area contributed by atoms with Crippen molar-refractivity contribution in [2.24, 2.45) is 0 Å². The molecule has 0 saturated carbocycles. The van der Waals surface area contributed by atoms with Gasteiger partial charge < -0.3 is 9.64 Å². The molecule has 128 valence electrons. The molecule has 0 aliphatic carbocycles. The molecule has 0 fully saturated rings. The van der Waals surface area contributed by atoms with Crippen molar-refractivity contribution < 1.29 is 13.9 Å². The highest BCUT2D eigenvalue weighted by atomic mass is 19.1. The number of hydrogen-bond donors (Lipinski definition) is 0. The van der Waals surface area contributed by atoms with Crippen LogP contribution in [0, 0.1) is 17.1 Å².